The van der Waals surface area contributed by atoms with E-state index < -0.39 is 11.6 Å². The zero-order valence-electron chi connectivity index (χ0n) is 12.3. The predicted molar refractivity (Wildman–Crippen MR) is 90.0 cm³/mol. The molecule has 0 saturated carbocycles. The van der Waals surface area contributed by atoms with Crippen LogP contribution >= 0.6 is 23.1 Å². The molecule has 0 N–H and O–H groups in total. The Morgan fingerprint density at radius 2 is 1.87 bits per heavy atom. The second kappa shape index (κ2) is 6.17. The van der Waals surface area contributed by atoms with Crippen LogP contribution in [0.5, 0.6) is 0 Å². The lowest BCUT2D eigenvalue weighted by atomic mass is 9.97. The molecule has 0 aliphatic heterocycles. The van der Waals surface area contributed by atoms with Crippen LogP contribution in [-0.4, -0.2) is 9.97 Å². The molecule has 0 saturated heterocycles. The Balaban J connectivity index is 1.71. The van der Waals surface area contributed by atoms with Crippen LogP contribution in [-0.2, 0) is 18.6 Å². The van der Waals surface area contributed by atoms with Crippen molar-refractivity contribution in [3.05, 3.63) is 52.2 Å². The Bertz CT molecular complexity index is 856. The lowest BCUT2D eigenvalue weighted by Crippen LogP contribution is -1.99. The van der Waals surface area contributed by atoms with Gasteiger partial charge < -0.3 is 0 Å². The minimum absolute atomic E-state index is 0.105. The highest BCUT2D eigenvalue weighted by Crippen LogP contribution is 2.40. The summed E-state index contributed by atoms with van der Waals surface area (Å²) in [5.74, 6) is -0.778. The molecule has 0 amide bonds. The molecular weight excluding hydrogens is 334 g/mol. The molecule has 2 nitrogen and oxygen atoms in total. The number of aryl methyl sites for hydroxylation is 2. The third-order valence-electron chi connectivity index (χ3n) is 4.13. The number of fused-ring (bicyclic) bond motifs is 3. The maximum Gasteiger partial charge on any atom is 0.130 e. The van der Waals surface area contributed by atoms with E-state index in [4.69, 9.17) is 0 Å². The average molecular weight is 348 g/mol. The van der Waals surface area contributed by atoms with Crippen LogP contribution < -0.4 is 0 Å². The average Bonchev–Trinajstić information content (AvgIpc) is 2.93. The topological polar surface area (TPSA) is 25.8 Å². The fourth-order valence-corrected chi connectivity index (χ4v) is 5.32. The van der Waals surface area contributed by atoms with Gasteiger partial charge in [0.25, 0.3) is 0 Å². The quantitative estimate of drug-likeness (QED) is 0.484. The highest BCUT2D eigenvalue weighted by atomic mass is 32.2. The largest absolute Gasteiger partial charge is 0.229 e. The van der Waals surface area contributed by atoms with Gasteiger partial charge in [-0.3, -0.25) is 0 Å². The second-order valence-electron chi connectivity index (χ2n) is 5.56. The van der Waals surface area contributed by atoms with Crippen molar-refractivity contribution in [3.8, 4) is 0 Å². The molecule has 1 aromatic carbocycles. The minimum Gasteiger partial charge on any atom is -0.229 e. The smallest absolute Gasteiger partial charge is 0.130 e. The van der Waals surface area contributed by atoms with Crippen molar-refractivity contribution in [3.63, 3.8) is 0 Å². The zero-order chi connectivity index (χ0) is 15.8. The van der Waals surface area contributed by atoms with Crippen LogP contribution in [0.2, 0.25) is 0 Å². The van der Waals surface area contributed by atoms with Crippen LogP contribution in [0.15, 0.2) is 29.6 Å². The molecule has 0 atom stereocenters. The maximum absolute atomic E-state index is 13.8. The summed E-state index contributed by atoms with van der Waals surface area (Å²) >= 11 is 3.11. The first kappa shape index (κ1) is 15.0. The molecule has 0 radical (unpaired) electrons. The summed E-state index contributed by atoms with van der Waals surface area (Å²) < 4.78 is 27.6. The van der Waals surface area contributed by atoms with Crippen molar-refractivity contribution in [1.29, 1.82) is 0 Å². The number of nitrogens with zero attached hydrogens (tertiary/aromatic N) is 2. The van der Waals surface area contributed by atoms with Crippen molar-refractivity contribution >= 4 is 33.3 Å². The van der Waals surface area contributed by atoms with Crippen molar-refractivity contribution in [1.82, 2.24) is 9.97 Å². The number of halogens is 2. The van der Waals surface area contributed by atoms with Crippen LogP contribution in [0.1, 0.15) is 28.8 Å². The number of benzene rings is 1. The van der Waals surface area contributed by atoms with Crippen molar-refractivity contribution < 1.29 is 8.78 Å². The molecule has 118 valence electrons. The van der Waals surface area contributed by atoms with E-state index >= 15 is 0 Å². The standard InChI is InChI=1S/C17H14F2N2S2/c18-12-5-3-6-13(19)11(12)8-22-16-15-10-4-1-2-7-14(10)23-17(15)21-9-20-16/h3,5-6,9H,1-2,4,7-8H2. The number of thiophene rings is 1. The highest BCUT2D eigenvalue weighted by molar-refractivity contribution is 7.98. The molecule has 1 aliphatic carbocycles. The summed E-state index contributed by atoms with van der Waals surface area (Å²) in [5.41, 5.74) is 1.45. The molecule has 2 heterocycles. The zero-order valence-corrected chi connectivity index (χ0v) is 13.9. The summed E-state index contributed by atoms with van der Waals surface area (Å²) in [5, 5.41) is 1.92. The van der Waals surface area contributed by atoms with Gasteiger partial charge in [-0.05, 0) is 43.4 Å². The van der Waals surface area contributed by atoms with Gasteiger partial charge in [0.1, 0.15) is 27.8 Å². The third-order valence-corrected chi connectivity index (χ3v) is 6.35. The molecule has 1 aliphatic rings. The molecule has 0 bridgehead atoms. The van der Waals surface area contributed by atoms with E-state index in [0.29, 0.717) is 0 Å². The van der Waals surface area contributed by atoms with E-state index in [1.54, 1.807) is 17.7 Å². The SMILES string of the molecule is Fc1cccc(F)c1CSc1ncnc2sc3c(c12)CCCC3. The molecular formula is C17H14F2N2S2. The summed E-state index contributed by atoms with van der Waals surface area (Å²) in [4.78, 5) is 11.1. The Morgan fingerprint density at radius 3 is 2.70 bits per heavy atom. The number of hydrogen-bond donors (Lipinski definition) is 0. The normalized spacial score (nSPS) is 14.2. The van der Waals surface area contributed by atoms with Gasteiger partial charge in [-0.25, -0.2) is 18.7 Å². The number of hydrogen-bond acceptors (Lipinski definition) is 4. The summed E-state index contributed by atoms with van der Waals surface area (Å²) in [7, 11) is 0. The van der Waals surface area contributed by atoms with Gasteiger partial charge in [-0.1, -0.05) is 6.07 Å². The Kier molecular flexibility index (Phi) is 4.03. The Morgan fingerprint density at radius 1 is 1.09 bits per heavy atom. The van der Waals surface area contributed by atoms with Gasteiger partial charge >= 0.3 is 0 Å². The second-order valence-corrected chi connectivity index (χ2v) is 7.61. The molecule has 2 aromatic heterocycles. The van der Waals surface area contributed by atoms with Crippen LogP contribution in [0.4, 0.5) is 8.78 Å². The number of aromatic nitrogens is 2. The maximum atomic E-state index is 13.8. The molecule has 3 aromatic rings. The first-order chi connectivity index (χ1) is 11.2. The minimum atomic E-state index is -0.504. The first-order valence-electron chi connectivity index (χ1n) is 7.55. The van der Waals surface area contributed by atoms with Crippen molar-refractivity contribution in [2.24, 2.45) is 0 Å². The third kappa shape index (κ3) is 2.74. The van der Waals surface area contributed by atoms with Crippen molar-refractivity contribution in [2.75, 3.05) is 0 Å². The lowest BCUT2D eigenvalue weighted by molar-refractivity contribution is 0.566. The van der Waals surface area contributed by atoms with E-state index in [9.17, 15) is 8.78 Å². The number of rotatable bonds is 3. The predicted octanol–water partition coefficient (Wildman–Crippen LogP) is 5.14. The summed E-state index contributed by atoms with van der Waals surface area (Å²) in [6.07, 6.45) is 6.09. The molecule has 0 unspecified atom stereocenters. The fourth-order valence-electron chi connectivity index (χ4n) is 2.98. The summed E-state index contributed by atoms with van der Waals surface area (Å²) in [6.45, 7) is 0. The van der Waals surface area contributed by atoms with E-state index in [1.165, 1.54) is 53.2 Å². The van der Waals surface area contributed by atoms with E-state index in [0.717, 1.165) is 28.1 Å². The lowest BCUT2D eigenvalue weighted by Gasteiger charge is -2.11. The van der Waals surface area contributed by atoms with Gasteiger partial charge in [0.2, 0.25) is 0 Å². The molecule has 0 fully saturated rings. The molecule has 6 heteroatoms. The fraction of sp³-hybridized carbons (Fsp3) is 0.294. The van der Waals surface area contributed by atoms with Gasteiger partial charge in [-0.15, -0.1) is 23.1 Å². The Labute approximate surface area is 141 Å². The molecule has 4 rings (SSSR count). The number of thioether (sulfide) groups is 1. The highest BCUT2D eigenvalue weighted by Gasteiger charge is 2.20. The van der Waals surface area contributed by atoms with Crippen LogP contribution in [0.3, 0.4) is 0 Å². The monoisotopic (exact) mass is 348 g/mol. The van der Waals surface area contributed by atoms with E-state index in [-0.39, 0.29) is 11.3 Å². The van der Waals surface area contributed by atoms with Gasteiger partial charge in [0, 0.05) is 21.6 Å². The molecule has 23 heavy (non-hydrogen) atoms. The van der Waals surface area contributed by atoms with Crippen molar-refractivity contribution in [2.45, 2.75) is 36.5 Å². The van der Waals surface area contributed by atoms with Crippen LogP contribution in [0, 0.1) is 11.6 Å². The molecule has 0 spiro atoms. The van der Waals surface area contributed by atoms with Crippen LogP contribution in [0.25, 0.3) is 10.2 Å². The van der Waals surface area contributed by atoms with E-state index in [1.807, 2.05) is 0 Å². The van der Waals surface area contributed by atoms with Gasteiger partial charge in [0.15, 0.2) is 0 Å². The first-order valence-corrected chi connectivity index (χ1v) is 9.35. The van der Waals surface area contributed by atoms with E-state index in [2.05, 4.69) is 9.97 Å². The van der Waals surface area contributed by atoms with Gasteiger partial charge in [0.05, 0.1) is 0 Å². The summed E-state index contributed by atoms with van der Waals surface area (Å²) in [6, 6.07) is 3.97. The Hall–Kier alpha value is -1.53. The van der Waals surface area contributed by atoms with Gasteiger partial charge in [-0.2, -0.15) is 0 Å².